The van der Waals surface area contributed by atoms with Crippen LogP contribution in [0.1, 0.15) is 0 Å². The number of alkyl halides is 15. The molecule has 0 saturated heterocycles. The first-order chi connectivity index (χ1) is 10.8. The zero-order valence-corrected chi connectivity index (χ0v) is 14.7. The molecule has 20 heteroatoms. The van der Waals surface area contributed by atoms with Crippen molar-refractivity contribution in [3.05, 3.63) is 0 Å². The Kier molecular flexibility index (Phi) is 7.51. The molecule has 0 heterocycles. The van der Waals surface area contributed by atoms with Crippen molar-refractivity contribution in [2.24, 2.45) is 0 Å². The normalized spacial score (nSPS) is 16.1. The predicted molar refractivity (Wildman–Crippen MR) is 53.0 cm³/mol. The van der Waals surface area contributed by atoms with Gasteiger partial charge in [0, 0.05) is 29.6 Å². The quantitative estimate of drug-likeness (QED) is 0.384. The summed E-state index contributed by atoms with van der Waals surface area (Å²) >= 11 is 0. The van der Waals surface area contributed by atoms with Crippen molar-refractivity contribution >= 4 is 39.7 Å². The molecule has 1 N–H and O–H groups in total. The Hall–Kier alpha value is -0.140. The fourth-order valence-electron chi connectivity index (χ4n) is 1.68. The summed E-state index contributed by atoms with van der Waals surface area (Å²) in [6, 6.07) is 0. The molecule has 0 rings (SSSR count). The van der Waals surface area contributed by atoms with Gasteiger partial charge in [0.05, 0.1) is 0 Å². The van der Waals surface area contributed by atoms with Crippen molar-refractivity contribution < 1.29 is 78.8 Å². The summed E-state index contributed by atoms with van der Waals surface area (Å²) in [6.07, 6.45) is -24.4. The molecule has 0 spiro atoms. The third-order valence-electron chi connectivity index (χ3n) is 2.78. The van der Waals surface area contributed by atoms with Gasteiger partial charge in [-0.25, -0.2) is 0 Å². The molecule has 0 saturated carbocycles. The average Bonchev–Trinajstić information content (AvgIpc) is 2.20. The van der Waals surface area contributed by atoms with Gasteiger partial charge in [-0.05, 0) is 0 Å². The summed E-state index contributed by atoms with van der Waals surface area (Å²) in [5.41, 5.74) is 0. The van der Waals surface area contributed by atoms with Crippen molar-refractivity contribution in [1.82, 2.24) is 0 Å². The van der Waals surface area contributed by atoms with Crippen LogP contribution in [0.5, 0.6) is 0 Å². The van der Waals surface area contributed by atoms with E-state index in [1.807, 2.05) is 0 Å². The molecule has 27 heavy (non-hydrogen) atoms. The van der Waals surface area contributed by atoms with E-state index in [0.29, 0.717) is 0 Å². The van der Waals surface area contributed by atoms with Gasteiger partial charge in [-0.2, -0.15) is 74.3 Å². The van der Waals surface area contributed by atoms with E-state index in [2.05, 4.69) is 0 Å². The molecule has 0 aliphatic carbocycles. The van der Waals surface area contributed by atoms with Crippen LogP contribution in [-0.4, -0.2) is 83.6 Å². The Morgan fingerprint density at radius 3 is 0.704 bits per heavy atom. The van der Waals surface area contributed by atoms with Crippen LogP contribution in [0.2, 0.25) is 0 Å². The second kappa shape index (κ2) is 6.98. The molecule has 0 unspecified atom stereocenters. The fraction of sp³-hybridized carbons (Fsp3) is 1.00. The van der Waals surface area contributed by atoms with E-state index in [-0.39, 0.29) is 29.6 Å². The first-order valence-corrected chi connectivity index (χ1v) is 6.49. The maximum absolute atomic E-state index is 13.2. The summed E-state index contributed by atoms with van der Waals surface area (Å²) in [4.78, 5) is 0. The molecule has 0 aromatic rings. The molecule has 1 radical (unpaired) electrons. The van der Waals surface area contributed by atoms with Crippen LogP contribution in [0.15, 0.2) is 0 Å². The molecular formula is C7HF15NaO3S. The summed E-state index contributed by atoms with van der Waals surface area (Å²) in [6.45, 7) is 0. The minimum Gasteiger partial charge on any atom is -0.285 e. The van der Waals surface area contributed by atoms with E-state index < -0.39 is 51.2 Å². The molecule has 0 aromatic carbocycles. The average molecular weight is 473 g/mol. The van der Waals surface area contributed by atoms with Crippen LogP contribution in [0, 0.1) is 0 Å². The predicted octanol–water partition coefficient (Wildman–Crippen LogP) is 3.83. The first kappa shape index (κ1) is 29.1. The zero-order chi connectivity index (χ0) is 22.0. The third kappa shape index (κ3) is 3.73. The van der Waals surface area contributed by atoms with E-state index in [1.165, 1.54) is 0 Å². The summed E-state index contributed by atoms with van der Waals surface area (Å²) in [5, 5.41) is 0. The van der Waals surface area contributed by atoms with E-state index >= 15 is 0 Å². The van der Waals surface area contributed by atoms with Crippen molar-refractivity contribution in [3.8, 4) is 0 Å². The molecule has 0 aliphatic rings. The Balaban J connectivity index is 0. The van der Waals surface area contributed by atoms with Gasteiger partial charge < -0.3 is 0 Å². The Labute approximate surface area is 159 Å². The van der Waals surface area contributed by atoms with Gasteiger partial charge in [0.2, 0.25) is 0 Å². The summed E-state index contributed by atoms with van der Waals surface area (Å²) in [7, 11) is -8.86. The topological polar surface area (TPSA) is 54.4 Å². The van der Waals surface area contributed by atoms with E-state index in [0.717, 1.165) is 0 Å². The van der Waals surface area contributed by atoms with Crippen molar-refractivity contribution in [3.63, 3.8) is 0 Å². The first-order valence-electron chi connectivity index (χ1n) is 5.05. The number of hydrogen-bond acceptors (Lipinski definition) is 2. The molecule has 0 amide bonds. The minimum absolute atomic E-state index is 0. The van der Waals surface area contributed by atoms with Gasteiger partial charge in [-0.3, -0.25) is 4.55 Å². The molecule has 3 nitrogen and oxygen atoms in total. The maximum Gasteiger partial charge on any atom is 0.455 e. The standard InChI is InChI=1S/C7HF15O3S.Na/c8-2(9,5(14,15)16)1(26(23,24)25,3(10,11)6(17,18)19)4(12,13)7(20,21)22;/h(H,23,24,25);. The zero-order valence-electron chi connectivity index (χ0n) is 11.8. The van der Waals surface area contributed by atoms with Crippen molar-refractivity contribution in [1.29, 1.82) is 0 Å². The molecule has 0 aliphatic heterocycles. The Morgan fingerprint density at radius 2 is 0.630 bits per heavy atom. The van der Waals surface area contributed by atoms with Gasteiger partial charge in [0.15, 0.2) is 0 Å². The maximum atomic E-state index is 13.2. The molecule has 0 atom stereocenters. The van der Waals surface area contributed by atoms with Crippen LogP contribution in [0.3, 0.4) is 0 Å². The second-order valence-corrected chi connectivity index (χ2v) is 5.94. The monoisotopic (exact) mass is 473 g/mol. The number of hydrogen-bond donors (Lipinski definition) is 1. The van der Waals surface area contributed by atoms with E-state index in [9.17, 15) is 74.3 Å². The van der Waals surface area contributed by atoms with Crippen LogP contribution >= 0.6 is 0 Å². The van der Waals surface area contributed by atoms with E-state index in [4.69, 9.17) is 4.55 Å². The molecular weight excluding hydrogens is 472 g/mol. The molecule has 0 fully saturated rings. The summed E-state index contributed by atoms with van der Waals surface area (Å²) in [5.74, 6) is -26.0. The molecule has 0 bridgehead atoms. The second-order valence-electron chi connectivity index (χ2n) is 4.37. The Bertz CT molecular complexity index is 577. The Morgan fingerprint density at radius 1 is 0.481 bits per heavy atom. The molecule has 0 aromatic heterocycles. The molecule has 159 valence electrons. The van der Waals surface area contributed by atoms with Gasteiger partial charge in [-0.15, -0.1) is 0 Å². The largest absolute Gasteiger partial charge is 0.455 e. The van der Waals surface area contributed by atoms with Crippen LogP contribution in [0.25, 0.3) is 0 Å². The van der Waals surface area contributed by atoms with Crippen LogP contribution < -0.4 is 0 Å². The van der Waals surface area contributed by atoms with Gasteiger partial charge in [-0.1, -0.05) is 0 Å². The van der Waals surface area contributed by atoms with Crippen LogP contribution in [-0.2, 0) is 10.1 Å². The number of halogens is 15. The third-order valence-corrected chi connectivity index (χ3v) is 4.32. The minimum atomic E-state index is -8.86. The summed E-state index contributed by atoms with van der Waals surface area (Å²) < 4.78 is 209. The van der Waals surface area contributed by atoms with Gasteiger partial charge >= 0.3 is 41.0 Å². The SMILES string of the molecule is O=S(=O)(O)C(C(F)(F)C(F)(F)F)(C(F)(F)C(F)(F)F)C(F)(F)C(F)(F)F.[Na]. The smallest absolute Gasteiger partial charge is 0.285 e. The van der Waals surface area contributed by atoms with Gasteiger partial charge in [0.25, 0.3) is 10.1 Å². The number of rotatable bonds is 4. The van der Waals surface area contributed by atoms with E-state index in [1.54, 1.807) is 0 Å². The fourth-order valence-corrected chi connectivity index (χ4v) is 3.00. The van der Waals surface area contributed by atoms with Crippen molar-refractivity contribution in [2.75, 3.05) is 0 Å². The van der Waals surface area contributed by atoms with Crippen LogP contribution in [0.4, 0.5) is 65.9 Å². The van der Waals surface area contributed by atoms with Gasteiger partial charge in [0.1, 0.15) is 0 Å². The van der Waals surface area contributed by atoms with Crippen molar-refractivity contribution in [2.45, 2.75) is 41.0 Å².